The molecule has 0 saturated carbocycles. The highest BCUT2D eigenvalue weighted by Gasteiger charge is 2.40. The largest absolute Gasteiger partial charge is 0.496 e. The van der Waals surface area contributed by atoms with Crippen LogP contribution in [0.15, 0.2) is 48.5 Å². The highest BCUT2D eigenvalue weighted by atomic mass is 32.1. The van der Waals surface area contributed by atoms with Crippen LogP contribution in [0.3, 0.4) is 0 Å². The van der Waals surface area contributed by atoms with Gasteiger partial charge in [0.2, 0.25) is 0 Å². The zero-order chi connectivity index (χ0) is 21.2. The van der Waals surface area contributed by atoms with Crippen LogP contribution in [-0.4, -0.2) is 18.0 Å². The van der Waals surface area contributed by atoms with E-state index in [-0.39, 0.29) is 5.01 Å². The van der Waals surface area contributed by atoms with E-state index in [4.69, 9.17) is 10.5 Å². The molecule has 1 amide bonds. The van der Waals surface area contributed by atoms with Crippen molar-refractivity contribution >= 4 is 22.9 Å². The Hall–Kier alpha value is -3.07. The van der Waals surface area contributed by atoms with Crippen LogP contribution >= 0.6 is 11.3 Å². The maximum Gasteiger partial charge on any atom is 0.435 e. The molecular weight excluding hydrogens is 403 g/mol. The number of alkyl halides is 3. The van der Waals surface area contributed by atoms with Crippen LogP contribution in [-0.2, 0) is 6.18 Å². The van der Waals surface area contributed by atoms with Gasteiger partial charge in [0.15, 0.2) is 5.69 Å². The van der Waals surface area contributed by atoms with Crippen LogP contribution in [0, 0.1) is 0 Å². The average molecular weight is 421 g/mol. The van der Waals surface area contributed by atoms with Crippen molar-refractivity contribution < 1.29 is 22.7 Å². The minimum absolute atomic E-state index is 0.0523. The Morgan fingerprint density at radius 2 is 1.93 bits per heavy atom. The third-order valence-corrected chi connectivity index (χ3v) is 5.28. The lowest BCUT2D eigenvalue weighted by atomic mass is 10.1. The smallest absolute Gasteiger partial charge is 0.435 e. The van der Waals surface area contributed by atoms with Crippen LogP contribution in [0.2, 0.25) is 0 Å². The highest BCUT2D eigenvalue weighted by molar-refractivity contribution is 7.17. The van der Waals surface area contributed by atoms with Crippen LogP contribution in [0.4, 0.5) is 18.9 Å². The second-order valence-electron chi connectivity index (χ2n) is 6.26. The summed E-state index contributed by atoms with van der Waals surface area (Å²) in [6, 6.07) is 12.8. The van der Waals surface area contributed by atoms with Gasteiger partial charge in [0.1, 0.15) is 15.6 Å². The zero-order valence-corrected chi connectivity index (χ0v) is 16.4. The molecule has 29 heavy (non-hydrogen) atoms. The number of nitrogen functional groups attached to an aromatic ring is 1. The summed E-state index contributed by atoms with van der Waals surface area (Å²) >= 11 is 0.670. The molecule has 0 fully saturated rings. The quantitative estimate of drug-likeness (QED) is 0.574. The first-order valence-corrected chi connectivity index (χ1v) is 9.40. The fourth-order valence-electron chi connectivity index (χ4n) is 2.78. The van der Waals surface area contributed by atoms with E-state index in [1.165, 1.54) is 7.11 Å². The Morgan fingerprint density at radius 3 is 2.59 bits per heavy atom. The number of rotatable bonds is 5. The molecule has 3 aromatic rings. The van der Waals surface area contributed by atoms with E-state index >= 15 is 0 Å². The number of halogens is 3. The fourth-order valence-corrected chi connectivity index (χ4v) is 3.80. The molecule has 5 nitrogen and oxygen atoms in total. The Morgan fingerprint density at radius 1 is 1.21 bits per heavy atom. The SMILES string of the molecule is COc1ccccc1-c1nc(C(F)(F)F)c(C(=O)NC(C)c2cccc(N)c2)s1. The van der Waals surface area contributed by atoms with Gasteiger partial charge in [0.05, 0.1) is 18.7 Å². The second-order valence-corrected chi connectivity index (χ2v) is 7.26. The molecule has 9 heteroatoms. The summed E-state index contributed by atoms with van der Waals surface area (Å²) in [4.78, 5) is 15.9. The summed E-state index contributed by atoms with van der Waals surface area (Å²) in [6.45, 7) is 1.67. The molecule has 152 valence electrons. The predicted molar refractivity (Wildman–Crippen MR) is 106 cm³/mol. The molecule has 0 saturated heterocycles. The maximum absolute atomic E-state index is 13.5. The van der Waals surface area contributed by atoms with Gasteiger partial charge < -0.3 is 15.8 Å². The first kappa shape index (κ1) is 20.7. The monoisotopic (exact) mass is 421 g/mol. The number of benzene rings is 2. The van der Waals surface area contributed by atoms with Crippen LogP contribution in [0.5, 0.6) is 5.75 Å². The molecule has 0 spiro atoms. The number of anilines is 1. The number of para-hydroxylation sites is 1. The van der Waals surface area contributed by atoms with E-state index in [2.05, 4.69) is 10.3 Å². The lowest BCUT2D eigenvalue weighted by Crippen LogP contribution is -2.28. The third kappa shape index (κ3) is 4.51. The molecule has 0 aliphatic rings. The first-order chi connectivity index (χ1) is 13.7. The first-order valence-electron chi connectivity index (χ1n) is 8.58. The van der Waals surface area contributed by atoms with Gasteiger partial charge >= 0.3 is 6.18 Å². The number of aromatic nitrogens is 1. The molecule has 3 rings (SSSR count). The molecule has 0 aliphatic carbocycles. The number of ether oxygens (including phenoxy) is 1. The van der Waals surface area contributed by atoms with Gasteiger partial charge in [0, 0.05) is 5.69 Å². The number of hydrogen-bond donors (Lipinski definition) is 2. The molecule has 0 bridgehead atoms. The number of carbonyl (C=O) groups is 1. The summed E-state index contributed by atoms with van der Waals surface area (Å²) in [5, 5.41) is 2.64. The number of thiazole rings is 1. The predicted octanol–water partition coefficient (Wildman–Crippen LogP) is 4.91. The van der Waals surface area contributed by atoms with Gasteiger partial charge in [0.25, 0.3) is 5.91 Å². The minimum atomic E-state index is -4.77. The van der Waals surface area contributed by atoms with Crippen molar-refractivity contribution in [2.45, 2.75) is 19.1 Å². The van der Waals surface area contributed by atoms with Crippen LogP contribution in [0.25, 0.3) is 10.6 Å². The Labute approximate surface area is 169 Å². The van der Waals surface area contributed by atoms with Crippen LogP contribution < -0.4 is 15.8 Å². The van der Waals surface area contributed by atoms with E-state index in [1.807, 2.05) is 0 Å². The highest BCUT2D eigenvalue weighted by Crippen LogP contribution is 2.40. The minimum Gasteiger partial charge on any atom is -0.496 e. The van der Waals surface area contributed by atoms with Gasteiger partial charge in [-0.1, -0.05) is 24.3 Å². The van der Waals surface area contributed by atoms with Gasteiger partial charge in [-0.25, -0.2) is 4.98 Å². The summed E-state index contributed by atoms with van der Waals surface area (Å²) in [7, 11) is 1.41. The number of methoxy groups -OCH3 is 1. The summed E-state index contributed by atoms with van der Waals surface area (Å²) < 4.78 is 45.9. The van der Waals surface area contributed by atoms with Gasteiger partial charge in [-0.3, -0.25) is 4.79 Å². The number of carbonyl (C=O) groups excluding carboxylic acids is 1. The lowest BCUT2D eigenvalue weighted by molar-refractivity contribution is -0.141. The number of nitrogens with two attached hydrogens (primary N) is 1. The molecule has 0 radical (unpaired) electrons. The molecule has 3 N–H and O–H groups in total. The van der Waals surface area contributed by atoms with Crippen molar-refractivity contribution in [2.24, 2.45) is 0 Å². The molecule has 0 aliphatic heterocycles. The molecular formula is C20H18F3N3O2S. The number of nitrogens with zero attached hydrogens (tertiary/aromatic N) is 1. The molecule has 1 atom stereocenters. The van der Waals surface area contributed by atoms with Gasteiger partial charge in [-0.2, -0.15) is 13.2 Å². The topological polar surface area (TPSA) is 77.2 Å². The number of amides is 1. The van der Waals surface area contributed by atoms with Crippen molar-refractivity contribution in [1.82, 2.24) is 10.3 Å². The molecule has 1 aromatic heterocycles. The normalized spacial score (nSPS) is 12.4. The van der Waals surface area contributed by atoms with Crippen molar-refractivity contribution in [2.75, 3.05) is 12.8 Å². The standard InChI is InChI=1S/C20H18F3N3O2S/c1-11(12-6-5-7-13(24)10-12)25-18(27)16-17(20(21,22)23)26-19(29-16)14-8-3-4-9-15(14)28-2/h3-11H,24H2,1-2H3,(H,25,27). The molecule has 1 heterocycles. The van der Waals surface area contributed by atoms with Crippen LogP contribution in [0.1, 0.15) is 33.9 Å². The van der Waals surface area contributed by atoms with E-state index in [9.17, 15) is 18.0 Å². The number of nitrogens with one attached hydrogen (secondary N) is 1. The van der Waals surface area contributed by atoms with Crippen molar-refractivity contribution in [1.29, 1.82) is 0 Å². The van der Waals surface area contributed by atoms with E-state index < -0.39 is 28.7 Å². The maximum atomic E-state index is 13.5. The summed E-state index contributed by atoms with van der Waals surface area (Å²) in [5.74, 6) is -0.485. The van der Waals surface area contributed by atoms with E-state index in [0.717, 1.165) is 0 Å². The Bertz CT molecular complexity index is 1030. The van der Waals surface area contributed by atoms with Gasteiger partial charge in [-0.15, -0.1) is 11.3 Å². The Balaban J connectivity index is 1.97. The molecule has 2 aromatic carbocycles. The fraction of sp³-hybridized carbons (Fsp3) is 0.200. The van der Waals surface area contributed by atoms with Crippen molar-refractivity contribution in [3.05, 3.63) is 64.7 Å². The van der Waals surface area contributed by atoms with Crippen molar-refractivity contribution in [3.8, 4) is 16.3 Å². The van der Waals surface area contributed by atoms with Crippen molar-refractivity contribution in [3.63, 3.8) is 0 Å². The second kappa shape index (κ2) is 8.12. The third-order valence-electron chi connectivity index (χ3n) is 4.20. The summed E-state index contributed by atoms with van der Waals surface area (Å²) in [6.07, 6.45) is -4.77. The average Bonchev–Trinajstić information content (AvgIpc) is 3.14. The Kier molecular flexibility index (Phi) is 5.78. The molecule has 1 unspecified atom stereocenters. The number of hydrogen-bond acceptors (Lipinski definition) is 5. The van der Waals surface area contributed by atoms with Gasteiger partial charge in [-0.05, 0) is 36.8 Å². The summed E-state index contributed by atoms with van der Waals surface area (Å²) in [5.41, 5.74) is 6.07. The lowest BCUT2D eigenvalue weighted by Gasteiger charge is -2.15. The van der Waals surface area contributed by atoms with E-state index in [1.54, 1.807) is 55.5 Å². The zero-order valence-electron chi connectivity index (χ0n) is 15.6. The van der Waals surface area contributed by atoms with E-state index in [0.29, 0.717) is 33.9 Å².